The summed E-state index contributed by atoms with van der Waals surface area (Å²) in [6.45, 7) is 5.59. The molecule has 2 saturated carbocycles. The highest BCUT2D eigenvalue weighted by Crippen LogP contribution is 2.66. The van der Waals surface area contributed by atoms with E-state index in [9.17, 15) is 19.5 Å². The molecule has 2 fully saturated rings. The molecule has 0 spiro atoms. The lowest BCUT2D eigenvalue weighted by Gasteiger charge is -2.58. The third-order valence-electron chi connectivity index (χ3n) is 9.02. The number of ether oxygens (including phenoxy) is 1. The molecule has 0 aliphatic heterocycles. The van der Waals surface area contributed by atoms with Crippen LogP contribution in [-0.2, 0) is 14.3 Å². The van der Waals surface area contributed by atoms with Crippen LogP contribution in [0.5, 0.6) is 0 Å². The van der Waals surface area contributed by atoms with Crippen molar-refractivity contribution in [1.82, 2.24) is 0 Å². The maximum absolute atomic E-state index is 13.2. The second-order valence-electron chi connectivity index (χ2n) is 10.6. The van der Waals surface area contributed by atoms with Crippen molar-refractivity contribution in [1.29, 1.82) is 0 Å². The number of Topliss-reactive ketones (excluding diaryl/α,β-unsaturated/α-hetero) is 1. The minimum atomic E-state index is -1.28. The van der Waals surface area contributed by atoms with Gasteiger partial charge < -0.3 is 9.84 Å². The smallest absolute Gasteiger partial charge is 0.339 e. The fraction of sp³-hybridized carbons (Fsp3) is 0.464. The molecule has 4 aliphatic carbocycles. The van der Waals surface area contributed by atoms with Gasteiger partial charge in [-0.15, -0.1) is 0 Å². The fourth-order valence-electron chi connectivity index (χ4n) is 7.38. The van der Waals surface area contributed by atoms with Crippen molar-refractivity contribution in [3.05, 3.63) is 71.8 Å². The quantitative estimate of drug-likeness (QED) is 0.703. The normalized spacial score (nSPS) is 41.0. The predicted octanol–water partition coefficient (Wildman–Crippen LogP) is 4.23. The number of hydrogen-bond acceptors (Lipinski definition) is 5. The van der Waals surface area contributed by atoms with Crippen LogP contribution in [0.2, 0.25) is 0 Å². The molecule has 1 aromatic rings. The van der Waals surface area contributed by atoms with Crippen LogP contribution in [0.3, 0.4) is 0 Å². The van der Waals surface area contributed by atoms with Gasteiger partial charge in [0.1, 0.15) is 0 Å². The van der Waals surface area contributed by atoms with Crippen LogP contribution < -0.4 is 0 Å². The first-order valence-electron chi connectivity index (χ1n) is 11.7. The minimum absolute atomic E-state index is 0.00963. The molecule has 5 nitrogen and oxygen atoms in total. The Bertz CT molecular complexity index is 1110. The Morgan fingerprint density at radius 1 is 1.12 bits per heavy atom. The molecule has 0 radical (unpaired) electrons. The molecule has 1 N–H and O–H groups in total. The number of aliphatic hydroxyl groups excluding tert-OH is 1. The lowest BCUT2D eigenvalue weighted by molar-refractivity contribution is -0.169. The molecule has 0 bridgehead atoms. The van der Waals surface area contributed by atoms with Crippen molar-refractivity contribution in [3.63, 3.8) is 0 Å². The number of aliphatic hydroxyl groups is 1. The van der Waals surface area contributed by atoms with Crippen LogP contribution in [-0.4, -0.2) is 34.3 Å². The predicted molar refractivity (Wildman–Crippen MR) is 123 cm³/mol. The Balaban J connectivity index is 1.55. The topological polar surface area (TPSA) is 80.7 Å². The fourth-order valence-corrected chi connectivity index (χ4v) is 7.38. The van der Waals surface area contributed by atoms with Crippen molar-refractivity contribution in [2.45, 2.75) is 51.7 Å². The molecule has 0 amide bonds. The number of carbonyl (C=O) groups excluding carboxylic acids is 3. The van der Waals surface area contributed by atoms with E-state index in [2.05, 4.69) is 13.0 Å². The van der Waals surface area contributed by atoms with Crippen molar-refractivity contribution >= 4 is 17.5 Å². The molecule has 7 atom stereocenters. The Labute approximate surface area is 194 Å². The zero-order valence-electron chi connectivity index (χ0n) is 19.3. The number of rotatable bonds is 3. The maximum atomic E-state index is 13.2. The van der Waals surface area contributed by atoms with E-state index in [0.717, 1.165) is 12.0 Å². The van der Waals surface area contributed by atoms with Gasteiger partial charge in [-0.3, -0.25) is 9.59 Å². The van der Waals surface area contributed by atoms with E-state index in [-0.39, 0.29) is 29.3 Å². The zero-order valence-corrected chi connectivity index (χ0v) is 19.3. The SMILES string of the molecule is CC(=O)[C@]1(OC(=O)c2ccccc2)CC[C@H]2[C@@H]3C=CC4=CC(=O)C=C[C@]4(C)[C@H]3[C@@H](O)C[C@@]21C. The second-order valence-corrected chi connectivity index (χ2v) is 10.6. The van der Waals surface area contributed by atoms with Gasteiger partial charge >= 0.3 is 5.97 Å². The van der Waals surface area contributed by atoms with Gasteiger partial charge in [-0.2, -0.15) is 0 Å². The highest BCUT2D eigenvalue weighted by atomic mass is 16.6. The van der Waals surface area contributed by atoms with Crippen LogP contribution in [0, 0.1) is 28.6 Å². The van der Waals surface area contributed by atoms with Crippen molar-refractivity contribution in [2.24, 2.45) is 28.6 Å². The molecule has 0 heterocycles. The number of ketones is 2. The minimum Gasteiger partial charge on any atom is -0.447 e. The van der Waals surface area contributed by atoms with Crippen molar-refractivity contribution in [3.8, 4) is 0 Å². The molecule has 0 unspecified atom stereocenters. The van der Waals surface area contributed by atoms with Crippen LogP contribution in [0.15, 0.2) is 66.3 Å². The average molecular weight is 447 g/mol. The summed E-state index contributed by atoms with van der Waals surface area (Å²) in [7, 11) is 0. The zero-order chi connectivity index (χ0) is 23.6. The summed E-state index contributed by atoms with van der Waals surface area (Å²) < 4.78 is 6.10. The van der Waals surface area contributed by atoms with Crippen molar-refractivity contribution < 1.29 is 24.2 Å². The summed E-state index contributed by atoms with van der Waals surface area (Å²) in [5.41, 5.74) is -1.09. The largest absolute Gasteiger partial charge is 0.447 e. The van der Waals surface area contributed by atoms with Gasteiger partial charge in [0, 0.05) is 16.7 Å². The lowest BCUT2D eigenvalue weighted by Crippen LogP contribution is -2.61. The first kappa shape index (κ1) is 22.0. The third kappa shape index (κ3) is 2.98. The van der Waals surface area contributed by atoms with E-state index >= 15 is 0 Å². The molecule has 0 aromatic heterocycles. The Hall–Kier alpha value is -2.79. The van der Waals surface area contributed by atoms with Gasteiger partial charge in [0.05, 0.1) is 11.7 Å². The van der Waals surface area contributed by atoms with Gasteiger partial charge in [0.2, 0.25) is 0 Å². The molecule has 5 heteroatoms. The molecular formula is C28H30O5. The molecule has 172 valence electrons. The molecule has 33 heavy (non-hydrogen) atoms. The van der Waals surface area contributed by atoms with E-state index in [1.165, 1.54) is 6.92 Å². The molecular weight excluding hydrogens is 416 g/mol. The second kappa shape index (κ2) is 7.36. The van der Waals surface area contributed by atoms with E-state index < -0.39 is 28.5 Å². The van der Waals surface area contributed by atoms with Crippen LogP contribution in [0.4, 0.5) is 0 Å². The Morgan fingerprint density at radius 2 is 1.85 bits per heavy atom. The van der Waals surface area contributed by atoms with Gasteiger partial charge in [0.15, 0.2) is 17.2 Å². The summed E-state index contributed by atoms with van der Waals surface area (Å²) in [5, 5.41) is 11.5. The van der Waals surface area contributed by atoms with E-state index in [1.807, 2.05) is 25.1 Å². The summed E-state index contributed by atoms with van der Waals surface area (Å²) in [5.74, 6) is -0.741. The number of carbonyl (C=O) groups is 3. The molecule has 4 aliphatic rings. The van der Waals surface area contributed by atoms with Crippen LogP contribution in [0.1, 0.15) is 50.4 Å². The Morgan fingerprint density at radius 3 is 2.55 bits per heavy atom. The molecule has 1 aromatic carbocycles. The van der Waals surface area contributed by atoms with Gasteiger partial charge in [0.25, 0.3) is 0 Å². The number of benzene rings is 1. The van der Waals surface area contributed by atoms with E-state index in [1.54, 1.807) is 36.4 Å². The van der Waals surface area contributed by atoms with E-state index in [4.69, 9.17) is 4.74 Å². The highest BCUT2D eigenvalue weighted by Gasteiger charge is 2.69. The monoisotopic (exact) mass is 446 g/mol. The summed E-state index contributed by atoms with van der Waals surface area (Å²) in [6.07, 6.45) is 10.1. The number of hydrogen-bond donors (Lipinski definition) is 1. The molecule has 5 rings (SSSR count). The summed E-state index contributed by atoms with van der Waals surface area (Å²) in [6, 6.07) is 8.74. The third-order valence-corrected chi connectivity index (χ3v) is 9.02. The van der Waals surface area contributed by atoms with Crippen LogP contribution >= 0.6 is 0 Å². The number of esters is 1. The average Bonchev–Trinajstić information content (AvgIpc) is 3.07. The first-order valence-corrected chi connectivity index (χ1v) is 11.7. The summed E-state index contributed by atoms with van der Waals surface area (Å²) >= 11 is 0. The number of allylic oxidation sites excluding steroid dienone is 6. The van der Waals surface area contributed by atoms with Gasteiger partial charge in [-0.1, -0.05) is 50.3 Å². The van der Waals surface area contributed by atoms with Gasteiger partial charge in [-0.25, -0.2) is 4.79 Å². The molecule has 0 saturated heterocycles. The maximum Gasteiger partial charge on any atom is 0.339 e. The standard InChI is InChI=1S/C28H30O5/c1-17(29)28(33-25(32)18-7-5-4-6-8-18)14-12-22-21-10-9-19-15-20(30)11-13-26(19,2)24(21)23(31)16-27(22,28)3/h4-11,13,15,21-24,31H,12,14,16H2,1-3H3/t21-,22-,23-,24+,26-,27-,28+/m0/s1. The highest BCUT2D eigenvalue weighted by molar-refractivity contribution is 6.01. The number of fused-ring (bicyclic) bond motifs is 5. The first-order chi connectivity index (χ1) is 15.6. The van der Waals surface area contributed by atoms with Crippen molar-refractivity contribution in [2.75, 3.05) is 0 Å². The lowest BCUT2D eigenvalue weighted by atomic mass is 9.48. The van der Waals surface area contributed by atoms with E-state index in [0.29, 0.717) is 18.4 Å². The Kier molecular flexibility index (Phi) is 4.91. The van der Waals surface area contributed by atoms with Crippen LogP contribution in [0.25, 0.3) is 0 Å². The van der Waals surface area contributed by atoms with Gasteiger partial charge in [-0.05, 0) is 67.9 Å². The summed E-state index contributed by atoms with van der Waals surface area (Å²) in [4.78, 5) is 38.2.